The fourth-order valence-corrected chi connectivity index (χ4v) is 10.1. The van der Waals surface area contributed by atoms with Crippen LogP contribution in [0.2, 0.25) is 0 Å². The third-order valence-electron chi connectivity index (χ3n) is 12.2. The van der Waals surface area contributed by atoms with Crippen LogP contribution in [0.4, 0.5) is 0 Å². The third-order valence-corrected chi connectivity index (χ3v) is 12.2. The van der Waals surface area contributed by atoms with E-state index in [1.54, 1.807) is 0 Å². The van der Waals surface area contributed by atoms with Crippen molar-refractivity contribution in [3.8, 4) is 50.9 Å². The molecule has 13 rings (SSSR count). The maximum Gasteiger partial charge on any atom is 0.235 e. The fraction of sp³-hybridized carbons (Fsp3) is 0.0192. The minimum Gasteiger partial charge on any atom is -0.435 e. The van der Waals surface area contributed by atoms with Crippen LogP contribution in [-0.2, 0) is 5.41 Å². The van der Waals surface area contributed by atoms with Crippen molar-refractivity contribution in [2.24, 2.45) is 0 Å². The van der Waals surface area contributed by atoms with Crippen LogP contribution in [0.3, 0.4) is 0 Å². The van der Waals surface area contributed by atoms with Crippen LogP contribution in [0.25, 0.3) is 94.7 Å². The Labute approximate surface area is 327 Å². The number of para-hydroxylation sites is 2. The number of aromatic nitrogens is 4. The summed E-state index contributed by atoms with van der Waals surface area (Å²) in [6.07, 6.45) is 0. The van der Waals surface area contributed by atoms with Crippen molar-refractivity contribution in [3.63, 3.8) is 0 Å². The molecule has 0 bridgehead atoms. The molecule has 0 aliphatic heterocycles. The van der Waals surface area contributed by atoms with Crippen LogP contribution < -0.4 is 0 Å². The van der Waals surface area contributed by atoms with Gasteiger partial charge < -0.3 is 4.42 Å². The van der Waals surface area contributed by atoms with Crippen molar-refractivity contribution in [2.45, 2.75) is 5.41 Å². The van der Waals surface area contributed by atoms with Gasteiger partial charge in [0.2, 0.25) is 11.8 Å². The standard InChI is InChI=1S/C52H30N4O/c1-3-17-31(18-4-1)46-36-24-10-15-29-41(36)53-51(55-46)56-42-30-16-11-25-37(42)44-47-49(57-50(54-47)32-19-5-2-6-20-32)43-35-23-9-14-28-40(35)52(45(43)48(44)56)38-26-12-7-21-33(38)34-22-8-13-27-39(34)52/h1-30H. The fourth-order valence-electron chi connectivity index (χ4n) is 10.1. The molecule has 0 atom stereocenters. The second-order valence-electron chi connectivity index (χ2n) is 15.0. The van der Waals surface area contributed by atoms with Crippen molar-refractivity contribution in [1.82, 2.24) is 19.5 Å². The molecule has 5 heteroatoms. The van der Waals surface area contributed by atoms with Gasteiger partial charge in [-0.2, -0.15) is 0 Å². The molecular formula is C52H30N4O. The summed E-state index contributed by atoms with van der Waals surface area (Å²) >= 11 is 0. The molecule has 2 aliphatic carbocycles. The monoisotopic (exact) mass is 726 g/mol. The number of hydrogen-bond acceptors (Lipinski definition) is 4. The highest BCUT2D eigenvalue weighted by Crippen LogP contribution is 2.66. The molecule has 1 spiro atoms. The number of hydrogen-bond donors (Lipinski definition) is 0. The summed E-state index contributed by atoms with van der Waals surface area (Å²) in [6.45, 7) is 0. The lowest BCUT2D eigenvalue weighted by molar-refractivity contribution is 0.620. The van der Waals surface area contributed by atoms with Crippen LogP contribution >= 0.6 is 0 Å². The van der Waals surface area contributed by atoms with Gasteiger partial charge in [-0.15, -0.1) is 0 Å². The summed E-state index contributed by atoms with van der Waals surface area (Å²) in [4.78, 5) is 16.4. The molecule has 264 valence electrons. The Balaban J connectivity index is 1.30. The van der Waals surface area contributed by atoms with E-state index in [0.29, 0.717) is 11.8 Å². The second-order valence-corrected chi connectivity index (χ2v) is 15.0. The molecule has 2 aliphatic rings. The molecule has 0 N–H and O–H groups in total. The highest BCUT2D eigenvalue weighted by Gasteiger charge is 2.54. The zero-order chi connectivity index (χ0) is 37.2. The minimum absolute atomic E-state index is 0.594. The summed E-state index contributed by atoms with van der Waals surface area (Å²) < 4.78 is 9.40. The average molecular weight is 727 g/mol. The van der Waals surface area contributed by atoms with Gasteiger partial charge in [0.25, 0.3) is 0 Å². The molecule has 3 heterocycles. The Morgan fingerprint density at radius 2 is 1.04 bits per heavy atom. The molecule has 0 fully saturated rings. The summed E-state index contributed by atoms with van der Waals surface area (Å²) in [7, 11) is 0. The van der Waals surface area contributed by atoms with Crippen molar-refractivity contribution >= 4 is 43.8 Å². The van der Waals surface area contributed by atoms with E-state index >= 15 is 0 Å². The normalized spacial score (nSPS) is 13.4. The lowest BCUT2D eigenvalue weighted by Gasteiger charge is -2.31. The quantitative estimate of drug-likeness (QED) is 0.182. The predicted octanol–water partition coefficient (Wildman–Crippen LogP) is 12.5. The van der Waals surface area contributed by atoms with Gasteiger partial charge in [0.1, 0.15) is 5.52 Å². The lowest BCUT2D eigenvalue weighted by atomic mass is 9.70. The van der Waals surface area contributed by atoms with Gasteiger partial charge in [-0.05, 0) is 57.6 Å². The van der Waals surface area contributed by atoms with Crippen LogP contribution in [0.5, 0.6) is 0 Å². The molecule has 8 aromatic carbocycles. The third kappa shape index (κ3) is 3.90. The van der Waals surface area contributed by atoms with E-state index in [-0.39, 0.29) is 0 Å². The number of fused-ring (bicyclic) bond motifs is 18. The molecule has 57 heavy (non-hydrogen) atoms. The van der Waals surface area contributed by atoms with E-state index in [0.717, 1.165) is 77.3 Å². The molecule has 5 nitrogen and oxygen atoms in total. The molecule has 0 unspecified atom stereocenters. The Morgan fingerprint density at radius 3 is 1.75 bits per heavy atom. The number of benzene rings is 8. The highest BCUT2D eigenvalue weighted by molar-refractivity contribution is 6.26. The Kier molecular flexibility index (Phi) is 6.04. The van der Waals surface area contributed by atoms with E-state index in [1.807, 2.05) is 24.3 Å². The summed E-state index contributed by atoms with van der Waals surface area (Å²) in [5.41, 5.74) is 16.3. The van der Waals surface area contributed by atoms with Crippen LogP contribution in [-0.4, -0.2) is 19.5 Å². The van der Waals surface area contributed by atoms with Gasteiger partial charge >= 0.3 is 0 Å². The summed E-state index contributed by atoms with van der Waals surface area (Å²) in [5.74, 6) is 1.20. The number of oxazole rings is 1. The zero-order valence-corrected chi connectivity index (χ0v) is 30.5. The summed E-state index contributed by atoms with van der Waals surface area (Å²) in [6, 6.07) is 64.4. The Hall–Kier alpha value is -7.63. The number of nitrogens with zero attached hydrogens (tertiary/aromatic N) is 4. The van der Waals surface area contributed by atoms with Crippen LogP contribution in [0.1, 0.15) is 22.3 Å². The van der Waals surface area contributed by atoms with E-state index in [9.17, 15) is 0 Å². The van der Waals surface area contributed by atoms with Crippen molar-refractivity contribution in [3.05, 3.63) is 204 Å². The summed E-state index contributed by atoms with van der Waals surface area (Å²) in [5, 5.41) is 3.10. The van der Waals surface area contributed by atoms with Gasteiger partial charge in [0.05, 0.1) is 27.7 Å². The molecule has 0 saturated carbocycles. The highest BCUT2D eigenvalue weighted by atomic mass is 16.3. The average Bonchev–Trinajstić information content (AvgIpc) is 4.03. The van der Waals surface area contributed by atoms with E-state index in [1.165, 1.54) is 27.8 Å². The van der Waals surface area contributed by atoms with Crippen LogP contribution in [0.15, 0.2) is 186 Å². The molecule has 11 aromatic rings. The Morgan fingerprint density at radius 1 is 0.474 bits per heavy atom. The van der Waals surface area contributed by atoms with Gasteiger partial charge in [0, 0.05) is 38.4 Å². The zero-order valence-electron chi connectivity index (χ0n) is 30.5. The first kappa shape index (κ1) is 30.7. The van der Waals surface area contributed by atoms with Crippen molar-refractivity contribution in [1.29, 1.82) is 0 Å². The van der Waals surface area contributed by atoms with Crippen LogP contribution in [0, 0.1) is 0 Å². The predicted molar refractivity (Wildman–Crippen MR) is 229 cm³/mol. The van der Waals surface area contributed by atoms with Crippen molar-refractivity contribution in [2.75, 3.05) is 0 Å². The first-order valence-electron chi connectivity index (χ1n) is 19.4. The first-order chi connectivity index (χ1) is 28.3. The topological polar surface area (TPSA) is 56.7 Å². The lowest BCUT2D eigenvalue weighted by Crippen LogP contribution is -2.26. The molecule has 3 aromatic heterocycles. The van der Waals surface area contributed by atoms with Gasteiger partial charge in [-0.25, -0.2) is 15.0 Å². The van der Waals surface area contributed by atoms with Gasteiger partial charge in [-0.1, -0.05) is 158 Å². The maximum absolute atomic E-state index is 7.09. The van der Waals surface area contributed by atoms with Crippen molar-refractivity contribution < 1.29 is 4.42 Å². The second kappa shape index (κ2) is 11.2. The molecule has 0 radical (unpaired) electrons. The SMILES string of the molecule is c1ccc(-c2nc3c(o2)c2c(c4c3c3ccccc3n4-c3nc(-c4ccccc4)c4ccccc4n3)C3(c4ccccc4-c4ccccc43)c3ccccc3-2)cc1. The molecule has 0 amide bonds. The van der Waals surface area contributed by atoms with E-state index in [2.05, 4.69) is 162 Å². The molecular weight excluding hydrogens is 697 g/mol. The maximum atomic E-state index is 7.09. The largest absolute Gasteiger partial charge is 0.435 e. The van der Waals surface area contributed by atoms with Gasteiger partial charge in [-0.3, -0.25) is 4.57 Å². The van der Waals surface area contributed by atoms with E-state index in [4.69, 9.17) is 19.4 Å². The first-order valence-corrected chi connectivity index (χ1v) is 19.4. The van der Waals surface area contributed by atoms with E-state index < -0.39 is 5.41 Å². The number of rotatable bonds is 3. The molecule has 0 saturated heterocycles. The minimum atomic E-state index is -0.670. The smallest absolute Gasteiger partial charge is 0.235 e. The van der Waals surface area contributed by atoms with Gasteiger partial charge in [0.15, 0.2) is 5.58 Å². The Bertz CT molecular complexity index is 3430.